The summed E-state index contributed by atoms with van der Waals surface area (Å²) in [4.78, 5) is 1.39. The number of thiophene rings is 1. The van der Waals surface area contributed by atoms with Gasteiger partial charge in [0.25, 0.3) is 0 Å². The van der Waals surface area contributed by atoms with Crippen LogP contribution in [0.2, 0.25) is 0 Å². The molecule has 1 aromatic heterocycles. The van der Waals surface area contributed by atoms with Gasteiger partial charge < -0.3 is 5.32 Å². The van der Waals surface area contributed by atoms with Crippen molar-refractivity contribution in [3.05, 3.63) is 70.4 Å². The Bertz CT molecular complexity index is 653. The third-order valence-electron chi connectivity index (χ3n) is 3.45. The van der Waals surface area contributed by atoms with Crippen molar-refractivity contribution in [3.63, 3.8) is 0 Å². The molecular weight excluding hydrogens is 250 g/mol. The van der Waals surface area contributed by atoms with Gasteiger partial charge in [0.2, 0.25) is 0 Å². The van der Waals surface area contributed by atoms with Crippen LogP contribution in [0.5, 0.6) is 0 Å². The van der Waals surface area contributed by atoms with Crippen LogP contribution in [0.4, 0.5) is 0 Å². The predicted octanol–water partition coefficient (Wildman–Crippen LogP) is 4.75. The Morgan fingerprint density at radius 2 is 1.84 bits per heavy atom. The molecule has 1 N–H and O–H groups in total. The molecule has 3 rings (SSSR count). The first-order chi connectivity index (χ1) is 9.34. The number of hydrogen-bond acceptors (Lipinski definition) is 2. The third-order valence-corrected chi connectivity index (χ3v) is 4.50. The Morgan fingerprint density at radius 1 is 1.00 bits per heavy atom. The van der Waals surface area contributed by atoms with E-state index < -0.39 is 0 Å². The zero-order valence-electron chi connectivity index (χ0n) is 11.0. The van der Waals surface area contributed by atoms with Crippen molar-refractivity contribution in [2.75, 3.05) is 0 Å². The van der Waals surface area contributed by atoms with Gasteiger partial charge in [0.05, 0.1) is 0 Å². The van der Waals surface area contributed by atoms with Crippen LogP contribution in [0.25, 0.3) is 10.8 Å². The summed E-state index contributed by atoms with van der Waals surface area (Å²) in [6, 6.07) is 19.8. The molecule has 0 fully saturated rings. The van der Waals surface area contributed by atoms with E-state index in [0.29, 0.717) is 6.04 Å². The fourth-order valence-electron chi connectivity index (χ4n) is 2.35. The Balaban J connectivity index is 1.79. The van der Waals surface area contributed by atoms with Crippen molar-refractivity contribution in [1.82, 2.24) is 5.32 Å². The van der Waals surface area contributed by atoms with Gasteiger partial charge in [-0.25, -0.2) is 0 Å². The molecule has 0 aliphatic carbocycles. The second-order valence-electron chi connectivity index (χ2n) is 4.76. The molecule has 2 heteroatoms. The van der Waals surface area contributed by atoms with Gasteiger partial charge in [0, 0.05) is 17.5 Å². The van der Waals surface area contributed by atoms with Gasteiger partial charge in [-0.3, -0.25) is 0 Å². The maximum absolute atomic E-state index is 3.60. The number of fused-ring (bicyclic) bond motifs is 1. The molecule has 1 atom stereocenters. The van der Waals surface area contributed by atoms with Crippen LogP contribution in [-0.2, 0) is 6.54 Å². The van der Waals surface area contributed by atoms with Gasteiger partial charge in [-0.15, -0.1) is 11.3 Å². The molecule has 0 unspecified atom stereocenters. The summed E-state index contributed by atoms with van der Waals surface area (Å²) in [5, 5.41) is 8.39. The lowest BCUT2D eigenvalue weighted by Gasteiger charge is -2.13. The molecule has 1 heterocycles. The highest BCUT2D eigenvalue weighted by molar-refractivity contribution is 7.10. The second-order valence-corrected chi connectivity index (χ2v) is 5.74. The fourth-order valence-corrected chi connectivity index (χ4v) is 3.11. The smallest absolute Gasteiger partial charge is 0.0388 e. The average molecular weight is 267 g/mol. The first-order valence-electron chi connectivity index (χ1n) is 6.58. The molecule has 1 nitrogen and oxygen atoms in total. The van der Waals surface area contributed by atoms with Crippen LogP contribution < -0.4 is 5.32 Å². The highest BCUT2D eigenvalue weighted by atomic mass is 32.1. The number of benzene rings is 2. The monoisotopic (exact) mass is 267 g/mol. The molecule has 96 valence electrons. The van der Waals surface area contributed by atoms with Gasteiger partial charge in [0.15, 0.2) is 0 Å². The summed E-state index contributed by atoms with van der Waals surface area (Å²) in [5.74, 6) is 0. The Morgan fingerprint density at radius 3 is 2.68 bits per heavy atom. The van der Waals surface area contributed by atoms with Crippen LogP contribution in [0.3, 0.4) is 0 Å². The first kappa shape index (κ1) is 12.4. The van der Waals surface area contributed by atoms with E-state index in [-0.39, 0.29) is 0 Å². The molecule has 0 amide bonds. The summed E-state index contributed by atoms with van der Waals surface area (Å²) >= 11 is 1.81. The van der Waals surface area contributed by atoms with E-state index >= 15 is 0 Å². The Hall–Kier alpha value is -1.64. The van der Waals surface area contributed by atoms with Gasteiger partial charge >= 0.3 is 0 Å². The lowest BCUT2D eigenvalue weighted by Crippen LogP contribution is -2.17. The molecule has 19 heavy (non-hydrogen) atoms. The quantitative estimate of drug-likeness (QED) is 0.719. The summed E-state index contributed by atoms with van der Waals surface area (Å²) in [7, 11) is 0. The number of hydrogen-bond donors (Lipinski definition) is 1. The van der Waals surface area contributed by atoms with E-state index in [4.69, 9.17) is 0 Å². The van der Waals surface area contributed by atoms with E-state index in [2.05, 4.69) is 72.2 Å². The van der Waals surface area contributed by atoms with E-state index in [0.717, 1.165) is 6.54 Å². The predicted molar refractivity (Wildman–Crippen MR) is 83.5 cm³/mol. The van der Waals surface area contributed by atoms with Crippen molar-refractivity contribution in [3.8, 4) is 0 Å². The van der Waals surface area contributed by atoms with Crippen LogP contribution >= 0.6 is 11.3 Å². The maximum atomic E-state index is 3.60. The molecule has 0 bridgehead atoms. The summed E-state index contributed by atoms with van der Waals surface area (Å²) < 4.78 is 0. The van der Waals surface area contributed by atoms with Gasteiger partial charge in [-0.1, -0.05) is 48.5 Å². The minimum atomic E-state index is 0.402. The first-order valence-corrected chi connectivity index (χ1v) is 7.46. The van der Waals surface area contributed by atoms with Gasteiger partial charge in [-0.05, 0) is 34.7 Å². The molecule has 0 saturated heterocycles. The van der Waals surface area contributed by atoms with Crippen molar-refractivity contribution in [2.45, 2.75) is 19.5 Å². The molecule has 0 aliphatic heterocycles. The lowest BCUT2D eigenvalue weighted by molar-refractivity contribution is 0.585. The zero-order valence-corrected chi connectivity index (χ0v) is 11.8. The van der Waals surface area contributed by atoms with Crippen LogP contribution in [0.15, 0.2) is 60.0 Å². The summed E-state index contributed by atoms with van der Waals surface area (Å²) in [6.07, 6.45) is 0. The second kappa shape index (κ2) is 5.55. The van der Waals surface area contributed by atoms with Crippen molar-refractivity contribution in [1.29, 1.82) is 0 Å². The van der Waals surface area contributed by atoms with Crippen LogP contribution in [0.1, 0.15) is 23.4 Å². The van der Waals surface area contributed by atoms with Crippen LogP contribution in [-0.4, -0.2) is 0 Å². The Kier molecular flexibility index (Phi) is 3.62. The normalized spacial score (nSPS) is 12.7. The van der Waals surface area contributed by atoms with Crippen molar-refractivity contribution in [2.24, 2.45) is 0 Å². The minimum absolute atomic E-state index is 0.402. The fraction of sp³-hybridized carbons (Fsp3) is 0.176. The average Bonchev–Trinajstić information content (AvgIpc) is 2.99. The third kappa shape index (κ3) is 2.70. The summed E-state index contributed by atoms with van der Waals surface area (Å²) in [6.45, 7) is 3.12. The number of nitrogens with one attached hydrogen (secondary N) is 1. The molecule has 0 spiro atoms. The topological polar surface area (TPSA) is 12.0 Å². The largest absolute Gasteiger partial charge is 0.305 e. The lowest BCUT2D eigenvalue weighted by atomic mass is 10.0. The van der Waals surface area contributed by atoms with E-state index in [9.17, 15) is 0 Å². The minimum Gasteiger partial charge on any atom is -0.305 e. The number of rotatable bonds is 4. The molecule has 0 saturated carbocycles. The van der Waals surface area contributed by atoms with E-state index in [1.807, 2.05) is 11.3 Å². The van der Waals surface area contributed by atoms with Crippen molar-refractivity contribution < 1.29 is 0 Å². The zero-order chi connectivity index (χ0) is 13.1. The standard InChI is InChI=1S/C17H17NS/c1-13(17-10-5-11-19-17)18-12-15-8-4-7-14-6-2-3-9-16(14)15/h2-11,13,18H,12H2,1H3/t13-/m0/s1. The highest BCUT2D eigenvalue weighted by Gasteiger charge is 2.06. The molecule has 2 aromatic carbocycles. The highest BCUT2D eigenvalue weighted by Crippen LogP contribution is 2.21. The van der Waals surface area contributed by atoms with Gasteiger partial charge in [-0.2, -0.15) is 0 Å². The Labute approximate surface area is 117 Å². The summed E-state index contributed by atoms with van der Waals surface area (Å²) in [5.41, 5.74) is 1.36. The van der Waals surface area contributed by atoms with Gasteiger partial charge in [0.1, 0.15) is 0 Å². The molecular formula is C17H17NS. The SMILES string of the molecule is C[C@H](NCc1cccc2ccccc12)c1cccs1. The van der Waals surface area contributed by atoms with E-state index in [1.54, 1.807) is 0 Å². The molecule has 0 aliphatic rings. The molecule has 3 aromatic rings. The van der Waals surface area contributed by atoms with Crippen molar-refractivity contribution >= 4 is 22.1 Å². The molecule has 0 radical (unpaired) electrons. The van der Waals surface area contributed by atoms with Crippen LogP contribution in [0, 0.1) is 0 Å². The maximum Gasteiger partial charge on any atom is 0.0388 e. The van der Waals surface area contributed by atoms with E-state index in [1.165, 1.54) is 21.2 Å².